The highest BCUT2D eigenvalue weighted by Gasteiger charge is 2.09. The lowest BCUT2D eigenvalue weighted by Crippen LogP contribution is -2.20. The first kappa shape index (κ1) is 13.6. The van der Waals surface area contributed by atoms with Gasteiger partial charge in [0.25, 0.3) is 0 Å². The Morgan fingerprint density at radius 3 is 2.00 bits per heavy atom. The van der Waals surface area contributed by atoms with Crippen molar-refractivity contribution >= 4 is 5.69 Å². The second kappa shape index (κ2) is 5.89. The van der Waals surface area contributed by atoms with Crippen LogP contribution in [0.25, 0.3) is 0 Å². The van der Waals surface area contributed by atoms with Gasteiger partial charge in [0.05, 0.1) is 6.04 Å². The summed E-state index contributed by atoms with van der Waals surface area (Å²) in [6.45, 7) is 6.90. The number of hydrogen-bond acceptors (Lipinski definition) is 2. The molecule has 2 heteroatoms. The van der Waals surface area contributed by atoms with E-state index in [-0.39, 0.29) is 6.04 Å². The van der Waals surface area contributed by atoms with Crippen molar-refractivity contribution in [2.24, 2.45) is 5.73 Å². The third kappa shape index (κ3) is 3.58. The van der Waals surface area contributed by atoms with Gasteiger partial charge in [-0.3, -0.25) is 0 Å². The fourth-order valence-electron chi connectivity index (χ4n) is 2.34. The fraction of sp³-hybridized carbons (Fsp3) is 0.294. The molecule has 2 aromatic rings. The van der Waals surface area contributed by atoms with Crippen molar-refractivity contribution in [3.8, 4) is 0 Å². The molecule has 2 rings (SSSR count). The minimum Gasteiger partial charge on any atom is -0.377 e. The highest BCUT2D eigenvalue weighted by molar-refractivity contribution is 5.50. The number of anilines is 1. The van der Waals surface area contributed by atoms with Crippen LogP contribution in [0.2, 0.25) is 0 Å². The van der Waals surface area contributed by atoms with Crippen molar-refractivity contribution in [3.63, 3.8) is 0 Å². The quantitative estimate of drug-likeness (QED) is 0.872. The second-order valence-electron chi connectivity index (χ2n) is 5.22. The van der Waals surface area contributed by atoms with E-state index >= 15 is 0 Å². The van der Waals surface area contributed by atoms with Crippen LogP contribution in [0.15, 0.2) is 42.5 Å². The smallest absolute Gasteiger partial charge is 0.0636 e. The Kier molecular flexibility index (Phi) is 4.23. The number of benzene rings is 2. The van der Waals surface area contributed by atoms with Crippen molar-refractivity contribution in [1.82, 2.24) is 0 Å². The summed E-state index contributed by atoms with van der Waals surface area (Å²) in [5.41, 5.74) is 12.1. The van der Waals surface area contributed by atoms with Gasteiger partial charge in [-0.25, -0.2) is 0 Å². The molecule has 0 saturated carbocycles. The Hall–Kier alpha value is -1.80. The van der Waals surface area contributed by atoms with Gasteiger partial charge in [-0.2, -0.15) is 0 Å². The van der Waals surface area contributed by atoms with E-state index in [1.54, 1.807) is 0 Å². The van der Waals surface area contributed by atoms with Crippen LogP contribution in [-0.2, 0) is 0 Å². The minimum atomic E-state index is 0.154. The van der Waals surface area contributed by atoms with Gasteiger partial charge >= 0.3 is 0 Å². The molecule has 1 unspecified atom stereocenters. The van der Waals surface area contributed by atoms with Crippen molar-refractivity contribution in [3.05, 3.63) is 64.7 Å². The van der Waals surface area contributed by atoms with E-state index < -0.39 is 0 Å². The SMILES string of the molecule is Cc1ccc(C(CN)Nc2cc(C)cc(C)c2)cc1. The predicted octanol–water partition coefficient (Wildman–Crippen LogP) is 3.72. The van der Waals surface area contributed by atoms with E-state index in [1.165, 1.54) is 22.3 Å². The zero-order valence-electron chi connectivity index (χ0n) is 11.9. The fourth-order valence-corrected chi connectivity index (χ4v) is 2.34. The Morgan fingerprint density at radius 1 is 0.895 bits per heavy atom. The summed E-state index contributed by atoms with van der Waals surface area (Å²) in [4.78, 5) is 0. The average Bonchev–Trinajstić information content (AvgIpc) is 2.36. The van der Waals surface area contributed by atoms with Gasteiger partial charge in [0.15, 0.2) is 0 Å². The largest absolute Gasteiger partial charge is 0.377 e. The van der Waals surface area contributed by atoms with Gasteiger partial charge in [0.1, 0.15) is 0 Å². The van der Waals surface area contributed by atoms with E-state index in [9.17, 15) is 0 Å². The van der Waals surface area contributed by atoms with E-state index in [1.807, 2.05) is 0 Å². The third-order valence-electron chi connectivity index (χ3n) is 3.28. The zero-order chi connectivity index (χ0) is 13.8. The van der Waals surface area contributed by atoms with Gasteiger partial charge in [0, 0.05) is 12.2 Å². The minimum absolute atomic E-state index is 0.154. The van der Waals surface area contributed by atoms with Gasteiger partial charge < -0.3 is 11.1 Å². The van der Waals surface area contributed by atoms with Crippen molar-refractivity contribution < 1.29 is 0 Å². The molecule has 0 spiro atoms. The van der Waals surface area contributed by atoms with Gasteiger partial charge in [-0.15, -0.1) is 0 Å². The molecule has 0 bridgehead atoms. The highest BCUT2D eigenvalue weighted by atomic mass is 14.9. The Bertz CT molecular complexity index is 523. The molecule has 2 aromatic carbocycles. The van der Waals surface area contributed by atoms with Crippen molar-refractivity contribution in [2.75, 3.05) is 11.9 Å². The Labute approximate surface area is 115 Å². The highest BCUT2D eigenvalue weighted by Crippen LogP contribution is 2.21. The van der Waals surface area contributed by atoms with Crippen LogP contribution in [0, 0.1) is 20.8 Å². The van der Waals surface area contributed by atoms with Gasteiger partial charge in [-0.05, 0) is 49.6 Å². The number of nitrogens with two attached hydrogens (primary N) is 1. The molecule has 0 saturated heterocycles. The molecule has 2 nitrogen and oxygen atoms in total. The third-order valence-corrected chi connectivity index (χ3v) is 3.28. The molecule has 0 heterocycles. The van der Waals surface area contributed by atoms with E-state index in [4.69, 9.17) is 5.73 Å². The van der Waals surface area contributed by atoms with Crippen molar-refractivity contribution in [2.45, 2.75) is 26.8 Å². The topological polar surface area (TPSA) is 38.0 Å². The summed E-state index contributed by atoms with van der Waals surface area (Å²) in [5.74, 6) is 0. The van der Waals surface area contributed by atoms with Crippen LogP contribution in [0.3, 0.4) is 0 Å². The van der Waals surface area contributed by atoms with Crippen LogP contribution in [0.5, 0.6) is 0 Å². The summed E-state index contributed by atoms with van der Waals surface area (Å²) in [6, 6.07) is 15.2. The van der Waals surface area contributed by atoms with Crippen LogP contribution in [-0.4, -0.2) is 6.54 Å². The summed E-state index contributed by atoms with van der Waals surface area (Å²) in [7, 11) is 0. The zero-order valence-corrected chi connectivity index (χ0v) is 11.9. The van der Waals surface area contributed by atoms with Crippen molar-refractivity contribution in [1.29, 1.82) is 0 Å². The number of aryl methyl sites for hydroxylation is 3. The summed E-state index contributed by atoms with van der Waals surface area (Å²) >= 11 is 0. The lowest BCUT2D eigenvalue weighted by molar-refractivity contribution is 0.789. The molecule has 0 aromatic heterocycles. The normalized spacial score (nSPS) is 12.2. The van der Waals surface area contributed by atoms with E-state index in [2.05, 4.69) is 68.6 Å². The average molecular weight is 254 g/mol. The van der Waals surface area contributed by atoms with Crippen LogP contribution >= 0.6 is 0 Å². The molecular formula is C17H22N2. The first-order valence-electron chi connectivity index (χ1n) is 6.70. The maximum Gasteiger partial charge on any atom is 0.0636 e. The maximum absolute atomic E-state index is 5.90. The molecule has 0 fully saturated rings. The molecular weight excluding hydrogens is 232 g/mol. The molecule has 0 amide bonds. The van der Waals surface area contributed by atoms with Gasteiger partial charge in [0.2, 0.25) is 0 Å². The number of nitrogens with one attached hydrogen (secondary N) is 1. The maximum atomic E-state index is 5.90. The monoisotopic (exact) mass is 254 g/mol. The molecule has 19 heavy (non-hydrogen) atoms. The first-order valence-corrected chi connectivity index (χ1v) is 6.70. The number of rotatable bonds is 4. The standard InChI is InChI=1S/C17H22N2/c1-12-4-6-15(7-5-12)17(11-18)19-16-9-13(2)8-14(3)10-16/h4-10,17,19H,11,18H2,1-3H3. The van der Waals surface area contributed by atoms with Crippen LogP contribution in [0.1, 0.15) is 28.3 Å². The lowest BCUT2D eigenvalue weighted by Gasteiger charge is -2.19. The predicted molar refractivity (Wildman–Crippen MR) is 82.5 cm³/mol. The van der Waals surface area contributed by atoms with Crippen LogP contribution in [0.4, 0.5) is 5.69 Å². The lowest BCUT2D eigenvalue weighted by atomic mass is 10.0. The van der Waals surface area contributed by atoms with E-state index in [0.717, 1.165) is 5.69 Å². The Morgan fingerprint density at radius 2 is 1.47 bits per heavy atom. The summed E-state index contributed by atoms with van der Waals surface area (Å²) < 4.78 is 0. The van der Waals surface area contributed by atoms with Gasteiger partial charge in [-0.1, -0.05) is 35.9 Å². The summed E-state index contributed by atoms with van der Waals surface area (Å²) in [6.07, 6.45) is 0. The Balaban J connectivity index is 2.21. The van der Waals surface area contributed by atoms with E-state index in [0.29, 0.717) is 6.54 Å². The van der Waals surface area contributed by atoms with Crippen LogP contribution < -0.4 is 11.1 Å². The first-order chi connectivity index (χ1) is 9.08. The molecule has 1 atom stereocenters. The molecule has 0 aliphatic carbocycles. The molecule has 0 aliphatic heterocycles. The molecule has 0 aliphatic rings. The molecule has 0 radical (unpaired) electrons. The summed E-state index contributed by atoms with van der Waals surface area (Å²) in [5, 5.41) is 3.52. The second-order valence-corrected chi connectivity index (χ2v) is 5.22. The molecule has 3 N–H and O–H groups in total. The molecule has 100 valence electrons. The number of hydrogen-bond donors (Lipinski definition) is 2.